The standard InChI is InChI=1S/C11H15N5/c1-8-4-2-3-5-9(8)6-10(15-12)11-13-7-14-16-11/h2-5,7,10,15H,6,12H2,1H3,(H,13,14,16). The molecule has 1 aromatic heterocycles. The van der Waals surface area contributed by atoms with Gasteiger partial charge in [-0.15, -0.1) is 0 Å². The molecule has 1 heterocycles. The number of benzene rings is 1. The van der Waals surface area contributed by atoms with E-state index in [0.29, 0.717) is 0 Å². The first-order valence-electron chi connectivity index (χ1n) is 5.17. The zero-order valence-corrected chi connectivity index (χ0v) is 9.14. The summed E-state index contributed by atoms with van der Waals surface area (Å²) < 4.78 is 0. The van der Waals surface area contributed by atoms with Crippen LogP contribution < -0.4 is 11.3 Å². The highest BCUT2D eigenvalue weighted by Gasteiger charge is 2.13. The number of rotatable bonds is 4. The molecule has 0 amide bonds. The number of hydrogen-bond donors (Lipinski definition) is 3. The van der Waals surface area contributed by atoms with Gasteiger partial charge in [0, 0.05) is 0 Å². The fourth-order valence-electron chi connectivity index (χ4n) is 1.68. The molecule has 0 radical (unpaired) electrons. The van der Waals surface area contributed by atoms with Crippen molar-refractivity contribution in [2.45, 2.75) is 19.4 Å². The van der Waals surface area contributed by atoms with Gasteiger partial charge in [-0.25, -0.2) is 10.4 Å². The molecular formula is C11H15N5. The lowest BCUT2D eigenvalue weighted by molar-refractivity contribution is 0.523. The van der Waals surface area contributed by atoms with Crippen LogP contribution >= 0.6 is 0 Å². The van der Waals surface area contributed by atoms with E-state index in [2.05, 4.69) is 39.7 Å². The van der Waals surface area contributed by atoms with Gasteiger partial charge in [-0.3, -0.25) is 10.9 Å². The Kier molecular flexibility index (Phi) is 3.28. The Morgan fingerprint density at radius 1 is 1.44 bits per heavy atom. The third-order valence-electron chi connectivity index (χ3n) is 2.65. The SMILES string of the molecule is Cc1ccccc1CC(NN)c1ncn[nH]1. The molecule has 1 unspecified atom stereocenters. The second-order valence-electron chi connectivity index (χ2n) is 3.72. The maximum absolute atomic E-state index is 5.52. The fourth-order valence-corrected chi connectivity index (χ4v) is 1.68. The molecule has 84 valence electrons. The molecule has 4 N–H and O–H groups in total. The van der Waals surface area contributed by atoms with Gasteiger partial charge in [0.05, 0.1) is 6.04 Å². The molecule has 0 saturated heterocycles. The second-order valence-corrected chi connectivity index (χ2v) is 3.72. The highest BCUT2D eigenvalue weighted by molar-refractivity contribution is 5.26. The minimum absolute atomic E-state index is 0.0383. The lowest BCUT2D eigenvalue weighted by Crippen LogP contribution is -2.30. The molecule has 1 atom stereocenters. The van der Waals surface area contributed by atoms with E-state index in [9.17, 15) is 0 Å². The summed E-state index contributed by atoms with van der Waals surface area (Å²) >= 11 is 0. The van der Waals surface area contributed by atoms with Crippen molar-refractivity contribution >= 4 is 0 Å². The van der Waals surface area contributed by atoms with Crippen LogP contribution in [0.25, 0.3) is 0 Å². The van der Waals surface area contributed by atoms with Crippen LogP contribution in [0.5, 0.6) is 0 Å². The van der Waals surface area contributed by atoms with E-state index in [1.54, 1.807) is 0 Å². The monoisotopic (exact) mass is 217 g/mol. The largest absolute Gasteiger partial charge is 0.271 e. The quantitative estimate of drug-likeness (QED) is 0.524. The van der Waals surface area contributed by atoms with Crippen LogP contribution in [0.3, 0.4) is 0 Å². The van der Waals surface area contributed by atoms with Crippen molar-refractivity contribution in [2.24, 2.45) is 5.84 Å². The molecule has 0 bridgehead atoms. The van der Waals surface area contributed by atoms with E-state index < -0.39 is 0 Å². The first-order chi connectivity index (χ1) is 7.81. The number of H-pyrrole nitrogens is 1. The molecule has 0 spiro atoms. The Morgan fingerprint density at radius 3 is 2.88 bits per heavy atom. The highest BCUT2D eigenvalue weighted by atomic mass is 15.3. The molecule has 16 heavy (non-hydrogen) atoms. The van der Waals surface area contributed by atoms with Crippen LogP contribution in [-0.2, 0) is 6.42 Å². The van der Waals surface area contributed by atoms with Gasteiger partial charge in [-0.05, 0) is 24.5 Å². The highest BCUT2D eigenvalue weighted by Crippen LogP contribution is 2.16. The molecule has 0 aliphatic rings. The summed E-state index contributed by atoms with van der Waals surface area (Å²) in [6, 6.07) is 8.19. The first-order valence-corrected chi connectivity index (χ1v) is 5.17. The van der Waals surface area contributed by atoms with Crippen LogP contribution in [0.1, 0.15) is 23.0 Å². The molecule has 2 rings (SSSR count). The number of nitrogens with two attached hydrogens (primary N) is 1. The van der Waals surface area contributed by atoms with Crippen molar-refractivity contribution in [3.63, 3.8) is 0 Å². The number of nitrogens with one attached hydrogen (secondary N) is 2. The number of hydrogen-bond acceptors (Lipinski definition) is 4. The van der Waals surface area contributed by atoms with Gasteiger partial charge < -0.3 is 0 Å². The van der Waals surface area contributed by atoms with Crippen molar-refractivity contribution in [1.82, 2.24) is 20.6 Å². The van der Waals surface area contributed by atoms with E-state index >= 15 is 0 Å². The summed E-state index contributed by atoms with van der Waals surface area (Å²) in [5.41, 5.74) is 5.25. The number of nitrogens with zero attached hydrogens (tertiary/aromatic N) is 2. The van der Waals surface area contributed by atoms with Gasteiger partial charge in [0.25, 0.3) is 0 Å². The summed E-state index contributed by atoms with van der Waals surface area (Å²) in [5, 5.41) is 6.65. The van der Waals surface area contributed by atoms with Gasteiger partial charge in [0.1, 0.15) is 12.2 Å². The van der Waals surface area contributed by atoms with Crippen molar-refractivity contribution in [2.75, 3.05) is 0 Å². The van der Waals surface area contributed by atoms with Gasteiger partial charge in [-0.1, -0.05) is 24.3 Å². The van der Waals surface area contributed by atoms with Crippen molar-refractivity contribution in [1.29, 1.82) is 0 Å². The third-order valence-corrected chi connectivity index (χ3v) is 2.65. The average Bonchev–Trinajstić information content (AvgIpc) is 2.81. The van der Waals surface area contributed by atoms with Crippen LogP contribution in [0.2, 0.25) is 0 Å². The number of aromatic nitrogens is 3. The smallest absolute Gasteiger partial charge is 0.143 e. The molecule has 1 aromatic carbocycles. The Bertz CT molecular complexity index is 437. The molecule has 0 saturated carbocycles. The van der Waals surface area contributed by atoms with Gasteiger partial charge in [0.15, 0.2) is 0 Å². The molecule has 2 aromatic rings. The summed E-state index contributed by atoms with van der Waals surface area (Å²) in [4.78, 5) is 4.10. The van der Waals surface area contributed by atoms with Gasteiger partial charge >= 0.3 is 0 Å². The summed E-state index contributed by atoms with van der Waals surface area (Å²) in [5.74, 6) is 6.28. The molecule has 0 aliphatic carbocycles. The summed E-state index contributed by atoms with van der Waals surface area (Å²) in [7, 11) is 0. The van der Waals surface area contributed by atoms with E-state index in [1.165, 1.54) is 17.5 Å². The average molecular weight is 217 g/mol. The van der Waals surface area contributed by atoms with E-state index in [0.717, 1.165) is 12.2 Å². The maximum Gasteiger partial charge on any atom is 0.143 e. The second kappa shape index (κ2) is 4.87. The Labute approximate surface area is 94.1 Å². The normalized spacial score (nSPS) is 12.6. The Morgan fingerprint density at radius 2 is 2.25 bits per heavy atom. The minimum atomic E-state index is -0.0383. The lowest BCUT2D eigenvalue weighted by Gasteiger charge is -2.14. The summed E-state index contributed by atoms with van der Waals surface area (Å²) in [6.07, 6.45) is 2.27. The molecule has 5 heteroatoms. The molecular weight excluding hydrogens is 202 g/mol. The van der Waals surface area contributed by atoms with Gasteiger partial charge in [-0.2, -0.15) is 5.10 Å². The minimum Gasteiger partial charge on any atom is -0.271 e. The van der Waals surface area contributed by atoms with Crippen LogP contribution in [-0.4, -0.2) is 15.2 Å². The Hall–Kier alpha value is -1.72. The topological polar surface area (TPSA) is 79.6 Å². The zero-order valence-electron chi connectivity index (χ0n) is 9.14. The molecule has 0 aliphatic heterocycles. The van der Waals surface area contributed by atoms with Crippen LogP contribution in [0.15, 0.2) is 30.6 Å². The predicted molar refractivity (Wildman–Crippen MR) is 61.3 cm³/mol. The maximum atomic E-state index is 5.52. The Balaban J connectivity index is 2.17. The van der Waals surface area contributed by atoms with Gasteiger partial charge in [0.2, 0.25) is 0 Å². The van der Waals surface area contributed by atoms with Crippen molar-refractivity contribution in [3.05, 3.63) is 47.5 Å². The predicted octanol–water partition coefficient (Wildman–Crippen LogP) is 0.860. The third kappa shape index (κ3) is 2.26. The zero-order chi connectivity index (χ0) is 11.4. The first kappa shape index (κ1) is 10.8. The fraction of sp³-hybridized carbons (Fsp3) is 0.273. The van der Waals surface area contributed by atoms with Crippen molar-refractivity contribution in [3.8, 4) is 0 Å². The number of hydrazine groups is 1. The van der Waals surface area contributed by atoms with Crippen LogP contribution in [0.4, 0.5) is 0 Å². The number of aromatic amines is 1. The van der Waals surface area contributed by atoms with E-state index in [4.69, 9.17) is 5.84 Å². The van der Waals surface area contributed by atoms with Crippen molar-refractivity contribution < 1.29 is 0 Å². The van der Waals surface area contributed by atoms with E-state index in [-0.39, 0.29) is 6.04 Å². The van der Waals surface area contributed by atoms with Crippen LogP contribution in [0, 0.1) is 6.92 Å². The summed E-state index contributed by atoms with van der Waals surface area (Å²) in [6.45, 7) is 2.09. The van der Waals surface area contributed by atoms with E-state index in [1.807, 2.05) is 12.1 Å². The number of aryl methyl sites for hydroxylation is 1. The lowest BCUT2D eigenvalue weighted by atomic mass is 10.0. The molecule has 0 fully saturated rings. The molecule has 5 nitrogen and oxygen atoms in total.